The lowest BCUT2D eigenvalue weighted by molar-refractivity contribution is 0.708. The molecule has 0 saturated carbocycles. The number of rotatable bonds is 2. The summed E-state index contributed by atoms with van der Waals surface area (Å²) in [5.74, 6) is 0. The highest BCUT2D eigenvalue weighted by molar-refractivity contribution is 5.77. The summed E-state index contributed by atoms with van der Waals surface area (Å²) >= 11 is 0. The molecule has 0 aliphatic rings. The third kappa shape index (κ3) is 1.71. The van der Waals surface area contributed by atoms with Crippen molar-refractivity contribution in [1.82, 2.24) is 14.1 Å². The molecule has 2 aromatic rings. The van der Waals surface area contributed by atoms with Gasteiger partial charge in [-0.15, -0.1) is 0 Å². The van der Waals surface area contributed by atoms with Crippen molar-refractivity contribution in [3.05, 3.63) is 33.1 Å². The Morgan fingerprint density at radius 1 is 1.29 bits per heavy atom. The van der Waals surface area contributed by atoms with Gasteiger partial charge in [0.15, 0.2) is 0 Å². The minimum Gasteiger partial charge on any atom is -0.384 e. The van der Waals surface area contributed by atoms with E-state index in [9.17, 15) is 9.59 Å². The molecular formula is C11H14N4O2. The molecule has 0 aliphatic carbocycles. The molecule has 2 rings (SSSR count). The van der Waals surface area contributed by atoms with E-state index in [4.69, 9.17) is 0 Å². The molecule has 0 saturated heterocycles. The minimum absolute atomic E-state index is 0.324. The lowest BCUT2D eigenvalue weighted by Gasteiger charge is -2.08. The number of pyridine rings is 1. The van der Waals surface area contributed by atoms with Crippen molar-refractivity contribution in [1.29, 1.82) is 0 Å². The van der Waals surface area contributed by atoms with E-state index in [-0.39, 0.29) is 11.2 Å². The van der Waals surface area contributed by atoms with Crippen LogP contribution in [0, 0.1) is 0 Å². The molecule has 0 fully saturated rings. The Hall–Kier alpha value is -2.11. The molecule has 0 aliphatic heterocycles. The predicted molar refractivity (Wildman–Crippen MR) is 66.4 cm³/mol. The maximum atomic E-state index is 11.9. The Labute approximate surface area is 97.5 Å². The molecule has 0 spiro atoms. The second kappa shape index (κ2) is 4.04. The number of aryl methyl sites for hydroxylation is 1. The summed E-state index contributed by atoms with van der Waals surface area (Å²) in [6, 6.07) is 1.72. The van der Waals surface area contributed by atoms with Gasteiger partial charge in [-0.1, -0.05) is 0 Å². The molecule has 2 aromatic heterocycles. The quantitative estimate of drug-likeness (QED) is 0.798. The van der Waals surface area contributed by atoms with Gasteiger partial charge in [-0.05, 0) is 13.0 Å². The fourth-order valence-corrected chi connectivity index (χ4v) is 1.77. The first-order chi connectivity index (χ1) is 8.06. The van der Waals surface area contributed by atoms with Crippen LogP contribution in [0.2, 0.25) is 0 Å². The average Bonchev–Trinajstić information content (AvgIpc) is 2.34. The fraction of sp³-hybridized carbons (Fsp3) is 0.364. The monoisotopic (exact) mass is 234 g/mol. The smallest absolute Gasteiger partial charge is 0.332 e. The van der Waals surface area contributed by atoms with Crippen molar-refractivity contribution >= 4 is 16.7 Å². The van der Waals surface area contributed by atoms with Gasteiger partial charge >= 0.3 is 5.69 Å². The van der Waals surface area contributed by atoms with E-state index in [0.717, 1.165) is 16.8 Å². The first kappa shape index (κ1) is 11.4. The van der Waals surface area contributed by atoms with Gasteiger partial charge in [0.1, 0.15) is 5.65 Å². The molecule has 0 unspecified atom stereocenters. The number of hydrogen-bond donors (Lipinski definition) is 1. The van der Waals surface area contributed by atoms with Crippen molar-refractivity contribution in [2.24, 2.45) is 14.1 Å². The SMILES string of the molecule is CCNc1cnc2c(c1)c(=O)n(C)c(=O)n2C. The molecule has 0 aromatic carbocycles. The number of nitrogens with zero attached hydrogens (tertiary/aromatic N) is 3. The second-order valence-corrected chi connectivity index (χ2v) is 3.83. The Morgan fingerprint density at radius 2 is 2.00 bits per heavy atom. The third-order valence-electron chi connectivity index (χ3n) is 2.67. The van der Waals surface area contributed by atoms with E-state index in [1.165, 1.54) is 11.6 Å². The van der Waals surface area contributed by atoms with Crippen LogP contribution in [0.5, 0.6) is 0 Å². The van der Waals surface area contributed by atoms with Crippen LogP contribution in [0.15, 0.2) is 21.9 Å². The Bertz CT molecular complexity index is 684. The van der Waals surface area contributed by atoms with Crippen LogP contribution in [-0.2, 0) is 14.1 Å². The highest BCUT2D eigenvalue weighted by Crippen LogP contribution is 2.11. The number of fused-ring (bicyclic) bond motifs is 1. The Morgan fingerprint density at radius 3 is 2.65 bits per heavy atom. The minimum atomic E-state index is -0.369. The molecular weight excluding hydrogens is 220 g/mol. The summed E-state index contributed by atoms with van der Waals surface area (Å²) in [5.41, 5.74) is 0.483. The van der Waals surface area contributed by atoms with Gasteiger partial charge in [-0.25, -0.2) is 9.78 Å². The van der Waals surface area contributed by atoms with Gasteiger partial charge in [-0.3, -0.25) is 13.9 Å². The lowest BCUT2D eigenvalue weighted by atomic mass is 10.3. The molecule has 6 nitrogen and oxygen atoms in total. The summed E-state index contributed by atoms with van der Waals surface area (Å²) in [7, 11) is 3.06. The zero-order valence-corrected chi connectivity index (χ0v) is 10.0. The van der Waals surface area contributed by atoms with E-state index < -0.39 is 0 Å². The number of anilines is 1. The van der Waals surface area contributed by atoms with Crippen LogP contribution in [0.25, 0.3) is 11.0 Å². The predicted octanol–water partition coefficient (Wildman–Crippen LogP) is 0.0640. The first-order valence-corrected chi connectivity index (χ1v) is 5.36. The van der Waals surface area contributed by atoms with E-state index in [2.05, 4.69) is 10.3 Å². The maximum absolute atomic E-state index is 11.9. The lowest BCUT2D eigenvalue weighted by Crippen LogP contribution is -2.37. The maximum Gasteiger partial charge on any atom is 0.332 e. The van der Waals surface area contributed by atoms with Crippen LogP contribution in [0.3, 0.4) is 0 Å². The van der Waals surface area contributed by atoms with Crippen LogP contribution >= 0.6 is 0 Å². The summed E-state index contributed by atoms with van der Waals surface area (Å²) in [5, 5.41) is 3.52. The third-order valence-corrected chi connectivity index (χ3v) is 2.67. The van der Waals surface area contributed by atoms with Crippen molar-refractivity contribution in [3.8, 4) is 0 Å². The highest BCUT2D eigenvalue weighted by Gasteiger charge is 2.09. The van der Waals surface area contributed by atoms with E-state index in [1.54, 1.807) is 19.3 Å². The van der Waals surface area contributed by atoms with Gasteiger partial charge in [0.2, 0.25) is 0 Å². The highest BCUT2D eigenvalue weighted by atomic mass is 16.2. The van der Waals surface area contributed by atoms with Gasteiger partial charge in [-0.2, -0.15) is 0 Å². The number of aromatic nitrogens is 3. The van der Waals surface area contributed by atoms with Crippen molar-refractivity contribution in [2.45, 2.75) is 6.92 Å². The van der Waals surface area contributed by atoms with Crippen molar-refractivity contribution in [3.63, 3.8) is 0 Å². The molecule has 6 heteroatoms. The van der Waals surface area contributed by atoms with Crippen LogP contribution in [0.1, 0.15) is 6.92 Å². The second-order valence-electron chi connectivity index (χ2n) is 3.83. The van der Waals surface area contributed by atoms with Crippen LogP contribution < -0.4 is 16.6 Å². The Balaban J connectivity index is 2.87. The topological polar surface area (TPSA) is 68.9 Å². The fourth-order valence-electron chi connectivity index (χ4n) is 1.77. The van der Waals surface area contributed by atoms with Gasteiger partial charge in [0, 0.05) is 20.6 Å². The summed E-state index contributed by atoms with van der Waals surface area (Å²) in [4.78, 5) is 27.8. The average molecular weight is 234 g/mol. The van der Waals surface area contributed by atoms with E-state index in [0.29, 0.717) is 11.0 Å². The molecule has 17 heavy (non-hydrogen) atoms. The summed E-state index contributed by atoms with van der Waals surface area (Å²) in [6.45, 7) is 2.71. The zero-order chi connectivity index (χ0) is 12.6. The molecule has 0 atom stereocenters. The molecule has 0 radical (unpaired) electrons. The van der Waals surface area contributed by atoms with Gasteiger partial charge in [0.05, 0.1) is 17.3 Å². The summed E-state index contributed by atoms with van der Waals surface area (Å²) in [6.07, 6.45) is 1.62. The molecule has 0 bridgehead atoms. The standard InChI is InChI=1S/C11H14N4O2/c1-4-12-7-5-8-9(13-6-7)14(2)11(17)15(3)10(8)16/h5-6,12H,4H2,1-3H3. The molecule has 1 N–H and O–H groups in total. The van der Waals surface area contributed by atoms with Crippen molar-refractivity contribution in [2.75, 3.05) is 11.9 Å². The van der Waals surface area contributed by atoms with Crippen LogP contribution in [-0.4, -0.2) is 20.7 Å². The molecule has 2 heterocycles. The largest absolute Gasteiger partial charge is 0.384 e. The number of hydrogen-bond acceptors (Lipinski definition) is 4. The van der Waals surface area contributed by atoms with Gasteiger partial charge in [0.25, 0.3) is 5.56 Å². The van der Waals surface area contributed by atoms with Crippen LogP contribution in [0.4, 0.5) is 5.69 Å². The van der Waals surface area contributed by atoms with E-state index in [1.807, 2.05) is 6.92 Å². The van der Waals surface area contributed by atoms with E-state index >= 15 is 0 Å². The zero-order valence-electron chi connectivity index (χ0n) is 10.0. The van der Waals surface area contributed by atoms with Gasteiger partial charge < -0.3 is 5.32 Å². The normalized spacial score (nSPS) is 10.8. The Kier molecular flexibility index (Phi) is 2.71. The molecule has 90 valence electrons. The number of nitrogens with one attached hydrogen (secondary N) is 1. The first-order valence-electron chi connectivity index (χ1n) is 5.36. The summed E-state index contributed by atoms with van der Waals surface area (Å²) < 4.78 is 2.45. The molecule has 0 amide bonds. The van der Waals surface area contributed by atoms with Crippen molar-refractivity contribution < 1.29 is 0 Å².